The Hall–Kier alpha value is -5.76. The number of pyridine rings is 1. The number of hydrogen-bond donors (Lipinski definition) is 3. The van der Waals surface area contributed by atoms with Crippen molar-refractivity contribution in [2.45, 2.75) is 50.0 Å². The monoisotopic (exact) mass is 771 g/mol. The van der Waals surface area contributed by atoms with Crippen LogP contribution in [0.1, 0.15) is 60.6 Å². The van der Waals surface area contributed by atoms with Crippen LogP contribution >= 0.6 is 0 Å². The standard InChI is InChI=1S/C43H46FN9O4/c1-49-37-22-29(3-5-35(37)53(42(49)57)36-6-7-38(54)48-41(36)56)51-14-9-26(10-15-51)24-50-16-18-52(19-17-50)28-2-4-30(32(44)21-28)34-20-27(8-13-45-34)33-23-31-39(47-33)43(11-12-43)25-46-40(31)55/h2-5,8,13,20-23,26,36,47H,6-7,9-12,14-19,24-25H2,1H3,(H,46,55)(H,48,54,56). The van der Waals surface area contributed by atoms with Gasteiger partial charge in [0.1, 0.15) is 11.9 Å². The fourth-order valence-corrected chi connectivity index (χ4v) is 9.58. The highest BCUT2D eigenvalue weighted by Crippen LogP contribution is 2.50. The minimum absolute atomic E-state index is 0.0318. The van der Waals surface area contributed by atoms with E-state index in [2.05, 4.69) is 35.3 Å². The first kappa shape index (κ1) is 35.6. The molecule has 14 heteroatoms. The number of aromatic amines is 1. The van der Waals surface area contributed by atoms with Crippen LogP contribution in [-0.2, 0) is 22.1 Å². The Morgan fingerprint density at radius 2 is 1.58 bits per heavy atom. The first-order valence-corrected chi connectivity index (χ1v) is 20.2. The maximum absolute atomic E-state index is 15.7. The molecule has 3 aromatic heterocycles. The van der Waals surface area contributed by atoms with Gasteiger partial charge in [-0.3, -0.25) is 38.7 Å². The minimum Gasteiger partial charge on any atom is -0.371 e. The molecule has 5 aromatic rings. The third-order valence-corrected chi connectivity index (χ3v) is 13.2. The Labute approximate surface area is 328 Å². The molecule has 1 atom stereocenters. The summed E-state index contributed by atoms with van der Waals surface area (Å²) in [4.78, 5) is 65.3. The Kier molecular flexibility index (Phi) is 8.58. The average Bonchev–Trinajstić information content (AvgIpc) is 3.77. The van der Waals surface area contributed by atoms with Crippen LogP contribution in [0.25, 0.3) is 33.5 Å². The van der Waals surface area contributed by atoms with Gasteiger partial charge < -0.3 is 20.1 Å². The van der Waals surface area contributed by atoms with Crippen LogP contribution in [0.15, 0.2) is 65.6 Å². The lowest BCUT2D eigenvalue weighted by atomic mass is 9.95. The molecule has 5 aliphatic rings. The van der Waals surface area contributed by atoms with E-state index >= 15 is 4.39 Å². The Morgan fingerprint density at radius 3 is 2.33 bits per heavy atom. The maximum atomic E-state index is 15.7. The molecule has 0 radical (unpaired) electrons. The third kappa shape index (κ3) is 6.30. The number of benzene rings is 2. The van der Waals surface area contributed by atoms with Crippen LogP contribution in [-0.4, -0.2) is 94.1 Å². The molecular formula is C43H46FN9O4. The summed E-state index contributed by atoms with van der Waals surface area (Å²) in [7, 11) is 1.73. The quantitative estimate of drug-likeness (QED) is 0.208. The van der Waals surface area contributed by atoms with Gasteiger partial charge in [-0.15, -0.1) is 0 Å². The second-order valence-electron chi connectivity index (χ2n) is 16.6. The highest BCUT2D eigenvalue weighted by molar-refractivity contribution is 6.00. The summed E-state index contributed by atoms with van der Waals surface area (Å²) in [6, 6.07) is 16.5. The zero-order chi connectivity index (χ0) is 39.0. The lowest BCUT2D eigenvalue weighted by Crippen LogP contribution is -2.49. The SMILES string of the molecule is Cn1c(=O)n(C2CCC(=O)NC2=O)c2ccc(N3CCC(CN4CCN(c5ccc(-c6cc(-c7cc8c([nH]7)C7(CC7)CNC8=O)ccn6)c(F)c5)CC4)CC3)cc21. The zero-order valence-corrected chi connectivity index (χ0v) is 32.0. The molecule has 3 saturated heterocycles. The molecule has 1 unspecified atom stereocenters. The van der Waals surface area contributed by atoms with Gasteiger partial charge >= 0.3 is 5.69 Å². The Bertz CT molecular complexity index is 2500. The number of piperidine rings is 2. The Morgan fingerprint density at radius 1 is 0.825 bits per heavy atom. The number of nitrogens with zero attached hydrogens (tertiary/aromatic N) is 6. The van der Waals surface area contributed by atoms with Crippen molar-refractivity contribution < 1.29 is 18.8 Å². The van der Waals surface area contributed by atoms with Crippen LogP contribution in [0.5, 0.6) is 0 Å². The highest BCUT2D eigenvalue weighted by atomic mass is 19.1. The van der Waals surface area contributed by atoms with Crippen molar-refractivity contribution in [3.63, 3.8) is 0 Å². The van der Waals surface area contributed by atoms with Crippen molar-refractivity contribution >= 4 is 40.1 Å². The molecule has 1 saturated carbocycles. The molecule has 1 aliphatic carbocycles. The van der Waals surface area contributed by atoms with E-state index in [1.54, 1.807) is 23.9 Å². The average molecular weight is 772 g/mol. The number of hydrogen-bond acceptors (Lipinski definition) is 8. The number of fused-ring (bicyclic) bond motifs is 3. The van der Waals surface area contributed by atoms with E-state index in [0.29, 0.717) is 41.2 Å². The van der Waals surface area contributed by atoms with Gasteiger partial charge in [0.05, 0.1) is 22.3 Å². The van der Waals surface area contributed by atoms with Gasteiger partial charge in [0.15, 0.2) is 0 Å². The summed E-state index contributed by atoms with van der Waals surface area (Å²) in [5, 5.41) is 5.40. The van der Waals surface area contributed by atoms with Crippen molar-refractivity contribution in [2.75, 3.05) is 62.2 Å². The number of carbonyl (C=O) groups excluding carboxylic acids is 3. The molecule has 3 N–H and O–H groups in total. The van der Waals surface area contributed by atoms with Crippen molar-refractivity contribution in [1.29, 1.82) is 0 Å². The molecular weight excluding hydrogens is 726 g/mol. The Balaban J connectivity index is 0.742. The summed E-state index contributed by atoms with van der Waals surface area (Å²) < 4.78 is 18.9. The van der Waals surface area contributed by atoms with Gasteiger partial charge in [-0.1, -0.05) is 0 Å². The maximum Gasteiger partial charge on any atom is 0.329 e. The van der Waals surface area contributed by atoms with Gasteiger partial charge in [-0.25, -0.2) is 9.18 Å². The molecule has 0 bridgehead atoms. The lowest BCUT2D eigenvalue weighted by Gasteiger charge is -2.40. The third-order valence-electron chi connectivity index (χ3n) is 13.2. The lowest BCUT2D eigenvalue weighted by molar-refractivity contribution is -0.135. The zero-order valence-electron chi connectivity index (χ0n) is 32.0. The summed E-state index contributed by atoms with van der Waals surface area (Å²) in [5.74, 6) is -0.499. The normalized spacial score (nSPS) is 21.2. The summed E-state index contributed by atoms with van der Waals surface area (Å²) in [6.07, 6.45) is 6.49. The summed E-state index contributed by atoms with van der Waals surface area (Å²) in [5.41, 5.74) is 7.64. The molecule has 294 valence electrons. The number of nitrogens with one attached hydrogen (secondary N) is 3. The highest BCUT2D eigenvalue weighted by Gasteiger charge is 2.50. The van der Waals surface area contributed by atoms with Crippen LogP contribution in [0, 0.1) is 11.7 Å². The number of H-pyrrole nitrogens is 1. The fourth-order valence-electron chi connectivity index (χ4n) is 9.58. The number of halogens is 1. The molecule has 1 spiro atoms. The van der Waals surface area contributed by atoms with Gasteiger partial charge in [0, 0.05) is 111 Å². The van der Waals surface area contributed by atoms with Crippen LogP contribution < -0.4 is 26.1 Å². The molecule has 57 heavy (non-hydrogen) atoms. The van der Waals surface area contributed by atoms with Crippen LogP contribution in [0.2, 0.25) is 0 Å². The second kappa shape index (κ2) is 13.7. The van der Waals surface area contributed by atoms with Crippen molar-refractivity contribution in [1.82, 2.24) is 34.6 Å². The largest absolute Gasteiger partial charge is 0.371 e. The van der Waals surface area contributed by atoms with E-state index in [-0.39, 0.29) is 35.2 Å². The van der Waals surface area contributed by atoms with Gasteiger partial charge in [0.2, 0.25) is 11.8 Å². The van der Waals surface area contributed by atoms with E-state index in [1.165, 1.54) is 4.57 Å². The number of anilines is 2. The first-order valence-electron chi connectivity index (χ1n) is 20.2. The first-order chi connectivity index (χ1) is 27.6. The number of aryl methyl sites for hydroxylation is 1. The summed E-state index contributed by atoms with van der Waals surface area (Å²) in [6.45, 7) is 7.05. The number of imidazole rings is 1. The predicted molar refractivity (Wildman–Crippen MR) is 215 cm³/mol. The number of imide groups is 1. The van der Waals surface area contributed by atoms with Gasteiger partial charge in [-0.2, -0.15) is 0 Å². The van der Waals surface area contributed by atoms with Gasteiger partial charge in [-0.05, 0) is 92.6 Å². The number of piperazine rings is 1. The molecule has 2 aromatic carbocycles. The molecule has 3 amide bonds. The van der Waals surface area contributed by atoms with Crippen LogP contribution in [0.4, 0.5) is 15.8 Å². The summed E-state index contributed by atoms with van der Waals surface area (Å²) >= 11 is 0. The molecule has 13 nitrogen and oxygen atoms in total. The van der Waals surface area contributed by atoms with Crippen molar-refractivity contribution in [3.05, 3.63) is 88.4 Å². The van der Waals surface area contributed by atoms with Crippen molar-refractivity contribution in [2.24, 2.45) is 13.0 Å². The van der Waals surface area contributed by atoms with E-state index < -0.39 is 11.9 Å². The number of rotatable bonds is 7. The van der Waals surface area contributed by atoms with E-state index in [1.807, 2.05) is 48.5 Å². The molecule has 4 fully saturated rings. The molecule has 4 aliphatic heterocycles. The fraction of sp³-hybridized carbons (Fsp3) is 0.419. The second-order valence-corrected chi connectivity index (χ2v) is 16.6. The van der Waals surface area contributed by atoms with E-state index in [0.717, 1.165) is 105 Å². The van der Waals surface area contributed by atoms with Crippen LogP contribution in [0.3, 0.4) is 0 Å². The molecule has 7 heterocycles. The number of aromatic nitrogens is 4. The predicted octanol–water partition coefficient (Wildman–Crippen LogP) is 4.33. The minimum atomic E-state index is -0.694. The van der Waals surface area contributed by atoms with Gasteiger partial charge in [0.25, 0.3) is 5.91 Å². The molecule has 10 rings (SSSR count). The van der Waals surface area contributed by atoms with Crippen molar-refractivity contribution in [3.8, 4) is 22.5 Å². The van der Waals surface area contributed by atoms with E-state index in [4.69, 9.17) is 0 Å². The number of amides is 3. The number of carbonyl (C=O) groups is 3. The topological polar surface area (TPSA) is 141 Å². The van der Waals surface area contributed by atoms with E-state index in [9.17, 15) is 19.2 Å². The smallest absolute Gasteiger partial charge is 0.329 e.